The van der Waals surface area contributed by atoms with Crippen LogP contribution in [0.25, 0.3) is 0 Å². The molecule has 1 aromatic carbocycles. The van der Waals surface area contributed by atoms with Crippen LogP contribution in [0.5, 0.6) is 0 Å². The molecule has 0 spiro atoms. The van der Waals surface area contributed by atoms with Gasteiger partial charge < -0.3 is 20.2 Å². The molecule has 0 radical (unpaired) electrons. The van der Waals surface area contributed by atoms with Gasteiger partial charge in [-0.3, -0.25) is 9.79 Å². The third-order valence-corrected chi connectivity index (χ3v) is 3.47. The minimum atomic E-state index is -3.64. The van der Waals surface area contributed by atoms with Gasteiger partial charge in [-0.2, -0.15) is 8.78 Å². The van der Waals surface area contributed by atoms with Crippen molar-refractivity contribution in [2.24, 2.45) is 10.7 Å². The number of amidine groups is 1. The number of hydrogen-bond acceptors (Lipinski definition) is 5. The lowest BCUT2D eigenvalue weighted by molar-refractivity contribution is -0.0775. The van der Waals surface area contributed by atoms with Gasteiger partial charge in [0, 0.05) is 12.2 Å². The molecule has 7 nitrogen and oxygen atoms in total. The molecule has 10 heteroatoms. The molecule has 2 aromatic rings. The van der Waals surface area contributed by atoms with Crippen molar-refractivity contribution < 1.29 is 27.1 Å². The van der Waals surface area contributed by atoms with Crippen molar-refractivity contribution in [1.29, 1.82) is 0 Å². The number of anilines is 1. The summed E-state index contributed by atoms with van der Waals surface area (Å²) in [6, 6.07) is 2.84. The van der Waals surface area contributed by atoms with E-state index in [1.54, 1.807) is 6.92 Å². The van der Waals surface area contributed by atoms with Gasteiger partial charge in [-0.05, 0) is 32.0 Å². The predicted octanol–water partition coefficient (Wildman–Crippen LogP) is 2.86. The second kappa shape index (κ2) is 8.67. The number of rotatable bonds is 8. The number of aliphatic imine (C=N–C) groups is 1. The zero-order chi connectivity index (χ0) is 20.0. The average molecular weight is 384 g/mol. The number of carbonyl (C=O) groups excluding carboxylic acids is 1. The van der Waals surface area contributed by atoms with Gasteiger partial charge >= 0.3 is 0 Å². The molecule has 1 heterocycles. The molecule has 1 amide bonds. The fourth-order valence-electron chi connectivity index (χ4n) is 2.21. The number of amides is 1. The summed E-state index contributed by atoms with van der Waals surface area (Å²) in [6.45, 7) is 2.26. The average Bonchev–Trinajstić information content (AvgIpc) is 3.02. The molecular weight excluding hydrogens is 365 g/mol. The number of oxazole rings is 1. The molecule has 0 aliphatic heterocycles. The van der Waals surface area contributed by atoms with Crippen molar-refractivity contribution in [3.8, 4) is 0 Å². The summed E-state index contributed by atoms with van der Waals surface area (Å²) in [5.74, 6) is -5.10. The van der Waals surface area contributed by atoms with Crippen molar-refractivity contribution in [1.82, 2.24) is 4.98 Å². The highest BCUT2D eigenvalue weighted by Gasteiger charge is 2.35. The van der Waals surface area contributed by atoms with E-state index in [-0.39, 0.29) is 29.6 Å². The first-order valence-corrected chi connectivity index (χ1v) is 8.00. The Balaban J connectivity index is 2.12. The zero-order valence-electron chi connectivity index (χ0n) is 14.8. The van der Waals surface area contributed by atoms with E-state index in [0.717, 1.165) is 24.6 Å². The highest BCUT2D eigenvalue weighted by atomic mass is 19.3. The minimum absolute atomic E-state index is 0.00153. The summed E-state index contributed by atoms with van der Waals surface area (Å²) < 4.78 is 52.3. The maximum atomic E-state index is 14.3. The van der Waals surface area contributed by atoms with Crippen LogP contribution < -0.4 is 11.1 Å². The fourth-order valence-corrected chi connectivity index (χ4v) is 2.21. The predicted molar refractivity (Wildman–Crippen MR) is 92.5 cm³/mol. The van der Waals surface area contributed by atoms with E-state index in [9.17, 15) is 18.0 Å². The minimum Gasteiger partial charge on any atom is -0.448 e. The Bertz CT molecular complexity index is 837. The topological polar surface area (TPSA) is 103 Å². The first-order valence-electron chi connectivity index (χ1n) is 8.00. The normalized spacial score (nSPS) is 12.3. The molecule has 0 atom stereocenters. The molecule has 0 saturated carbocycles. The number of nitrogens with two attached hydrogens (primary N) is 1. The fraction of sp³-hybridized carbons (Fsp3) is 0.353. The molecule has 0 fully saturated rings. The summed E-state index contributed by atoms with van der Waals surface area (Å²) >= 11 is 0. The quantitative estimate of drug-likeness (QED) is 0.538. The largest absolute Gasteiger partial charge is 0.448 e. The van der Waals surface area contributed by atoms with Gasteiger partial charge in [-0.1, -0.05) is 0 Å². The molecule has 146 valence electrons. The van der Waals surface area contributed by atoms with E-state index < -0.39 is 29.8 Å². The van der Waals surface area contributed by atoms with Gasteiger partial charge in [-0.15, -0.1) is 0 Å². The van der Waals surface area contributed by atoms with Crippen LogP contribution in [0.2, 0.25) is 0 Å². The van der Waals surface area contributed by atoms with Crippen molar-refractivity contribution in [2.75, 3.05) is 25.1 Å². The number of hydrogen-bond donors (Lipinski definition) is 2. The summed E-state index contributed by atoms with van der Waals surface area (Å²) in [5.41, 5.74) is 4.53. The van der Waals surface area contributed by atoms with Crippen molar-refractivity contribution in [2.45, 2.75) is 19.8 Å². The van der Waals surface area contributed by atoms with E-state index >= 15 is 0 Å². The van der Waals surface area contributed by atoms with E-state index in [1.165, 1.54) is 6.92 Å². The lowest BCUT2D eigenvalue weighted by atomic mass is 10.1. The van der Waals surface area contributed by atoms with Crippen molar-refractivity contribution in [3.05, 3.63) is 47.4 Å². The molecule has 3 N–H and O–H groups in total. The summed E-state index contributed by atoms with van der Waals surface area (Å²) in [5, 5.41) is 2.37. The first kappa shape index (κ1) is 20.4. The Hall–Kier alpha value is -2.88. The number of aryl methyl sites for hydroxylation is 1. The second-order valence-corrected chi connectivity index (χ2v) is 5.57. The van der Waals surface area contributed by atoms with Crippen molar-refractivity contribution in [3.63, 3.8) is 0 Å². The third kappa shape index (κ3) is 5.30. The zero-order valence-corrected chi connectivity index (χ0v) is 14.8. The maximum Gasteiger partial charge on any atom is 0.298 e. The SMILES string of the molecule is CCN=C(N)COCC(F)(F)c1cc(NC(=O)c2ncoc2C)ccc1F. The lowest BCUT2D eigenvalue weighted by Crippen LogP contribution is -2.27. The third-order valence-electron chi connectivity index (χ3n) is 3.47. The van der Waals surface area contributed by atoms with E-state index in [2.05, 4.69) is 15.3 Å². The Morgan fingerprint density at radius 3 is 2.81 bits per heavy atom. The van der Waals surface area contributed by atoms with Gasteiger partial charge in [0.05, 0.1) is 5.56 Å². The number of carbonyl (C=O) groups is 1. The van der Waals surface area contributed by atoms with Crippen molar-refractivity contribution >= 4 is 17.4 Å². The summed E-state index contributed by atoms with van der Waals surface area (Å²) in [7, 11) is 0. The van der Waals surface area contributed by atoms with E-state index in [1.807, 2.05) is 0 Å². The molecule has 0 unspecified atom stereocenters. The number of ether oxygens (including phenoxy) is 1. The number of halogens is 3. The molecule has 0 aliphatic carbocycles. The lowest BCUT2D eigenvalue weighted by Gasteiger charge is -2.18. The van der Waals surface area contributed by atoms with Gasteiger partial charge in [0.1, 0.15) is 30.6 Å². The maximum absolute atomic E-state index is 14.3. The number of alkyl halides is 2. The molecule has 1 aromatic heterocycles. The van der Waals surface area contributed by atoms with Crippen LogP contribution in [0.15, 0.2) is 34.0 Å². The Kier molecular flexibility index (Phi) is 6.56. The van der Waals surface area contributed by atoms with Gasteiger partial charge in [0.15, 0.2) is 12.1 Å². The van der Waals surface area contributed by atoms with Crippen LogP contribution in [0.3, 0.4) is 0 Å². The van der Waals surface area contributed by atoms with Crippen LogP contribution in [0.4, 0.5) is 18.9 Å². The van der Waals surface area contributed by atoms with Crippen LogP contribution in [0, 0.1) is 12.7 Å². The summed E-state index contributed by atoms with van der Waals surface area (Å²) in [6.07, 6.45) is 1.08. The highest BCUT2D eigenvalue weighted by Crippen LogP contribution is 2.32. The Labute approximate surface area is 153 Å². The van der Waals surface area contributed by atoms with Crippen LogP contribution in [-0.2, 0) is 10.7 Å². The smallest absolute Gasteiger partial charge is 0.298 e. The number of nitrogens with one attached hydrogen (secondary N) is 1. The van der Waals surface area contributed by atoms with E-state index in [0.29, 0.717) is 6.54 Å². The first-order chi connectivity index (χ1) is 12.7. The number of aromatic nitrogens is 1. The second-order valence-electron chi connectivity index (χ2n) is 5.57. The van der Waals surface area contributed by atoms with Gasteiger partial charge in [0.2, 0.25) is 0 Å². The van der Waals surface area contributed by atoms with Crippen LogP contribution in [0.1, 0.15) is 28.7 Å². The Morgan fingerprint density at radius 1 is 1.44 bits per heavy atom. The molecule has 0 bridgehead atoms. The Morgan fingerprint density at radius 2 is 2.19 bits per heavy atom. The molecular formula is C17H19F3N4O3. The van der Waals surface area contributed by atoms with Gasteiger partial charge in [0.25, 0.3) is 11.8 Å². The standard InChI is InChI=1S/C17H19F3N4O3/c1-3-22-14(21)7-26-8-17(19,20)12-6-11(4-5-13(12)18)24-16(25)15-10(2)27-9-23-15/h4-6,9H,3,7-8H2,1-2H3,(H2,21,22)(H,24,25). The molecule has 2 rings (SSSR count). The van der Waals surface area contributed by atoms with Gasteiger partial charge in [-0.25, -0.2) is 9.37 Å². The summed E-state index contributed by atoms with van der Waals surface area (Å²) in [4.78, 5) is 19.6. The molecule has 27 heavy (non-hydrogen) atoms. The number of benzene rings is 1. The monoisotopic (exact) mass is 384 g/mol. The molecule has 0 aliphatic rings. The van der Waals surface area contributed by atoms with Crippen LogP contribution in [-0.4, -0.2) is 36.5 Å². The highest BCUT2D eigenvalue weighted by molar-refractivity contribution is 6.03. The van der Waals surface area contributed by atoms with Crippen LogP contribution >= 0.6 is 0 Å². The molecule has 0 saturated heterocycles. The number of nitrogens with zero attached hydrogens (tertiary/aromatic N) is 2. The van der Waals surface area contributed by atoms with E-state index in [4.69, 9.17) is 14.9 Å².